The maximum absolute atomic E-state index is 13.4. The highest BCUT2D eigenvalue weighted by atomic mass is 35.5. The molecule has 3 aromatic rings. The van der Waals surface area contributed by atoms with E-state index in [0.29, 0.717) is 11.6 Å². The molecule has 1 aliphatic carbocycles. The predicted molar refractivity (Wildman–Crippen MR) is 119 cm³/mol. The Kier molecular flexibility index (Phi) is 4.88. The summed E-state index contributed by atoms with van der Waals surface area (Å²) in [4.78, 5) is 16.9. The lowest BCUT2D eigenvalue weighted by atomic mass is 9.95. The van der Waals surface area contributed by atoms with Gasteiger partial charge >= 0.3 is 6.03 Å². The molecule has 1 N–H and O–H groups in total. The third kappa shape index (κ3) is 3.26. The molecule has 2 amide bonds. The summed E-state index contributed by atoms with van der Waals surface area (Å²) in [6.45, 7) is 2.81. The summed E-state index contributed by atoms with van der Waals surface area (Å²) in [6.07, 6.45) is 7.82. The molecule has 0 radical (unpaired) electrons. The Balaban J connectivity index is 1.56. The second-order valence-electron chi connectivity index (χ2n) is 7.79. The van der Waals surface area contributed by atoms with Gasteiger partial charge in [0.25, 0.3) is 0 Å². The van der Waals surface area contributed by atoms with Crippen molar-refractivity contribution in [1.29, 1.82) is 0 Å². The highest BCUT2D eigenvalue weighted by molar-refractivity contribution is 7.15. The van der Waals surface area contributed by atoms with Gasteiger partial charge in [-0.15, -0.1) is 11.3 Å². The van der Waals surface area contributed by atoms with Crippen molar-refractivity contribution in [3.05, 3.63) is 69.3 Å². The van der Waals surface area contributed by atoms with E-state index in [2.05, 4.69) is 35.1 Å². The second-order valence-corrected chi connectivity index (χ2v) is 9.31. The third-order valence-corrected chi connectivity index (χ3v) is 7.63. The monoisotopic (exact) mass is 425 g/mol. The number of urea groups is 1. The fourth-order valence-electron chi connectivity index (χ4n) is 4.64. The van der Waals surface area contributed by atoms with Gasteiger partial charge in [-0.25, -0.2) is 4.79 Å². The number of aromatic nitrogens is 1. The quantitative estimate of drug-likeness (QED) is 0.495. The van der Waals surface area contributed by atoms with Gasteiger partial charge in [0.1, 0.15) is 5.00 Å². The lowest BCUT2D eigenvalue weighted by molar-refractivity contribution is 0.181. The Morgan fingerprint density at radius 2 is 1.97 bits per heavy atom. The van der Waals surface area contributed by atoms with E-state index in [-0.39, 0.29) is 12.1 Å². The van der Waals surface area contributed by atoms with E-state index in [1.54, 1.807) is 12.1 Å². The number of hydrogen-bond acceptors (Lipinski definition) is 2. The first kappa shape index (κ1) is 18.8. The second kappa shape index (κ2) is 7.54. The van der Waals surface area contributed by atoms with E-state index in [9.17, 15) is 4.79 Å². The predicted octanol–water partition coefficient (Wildman–Crippen LogP) is 6.57. The van der Waals surface area contributed by atoms with Crippen molar-refractivity contribution in [2.24, 2.45) is 0 Å². The molecule has 6 heteroatoms. The minimum Gasteiger partial charge on any atom is -0.312 e. The lowest BCUT2D eigenvalue weighted by Crippen LogP contribution is -2.37. The molecular formula is C23H24ClN3OS. The van der Waals surface area contributed by atoms with Crippen molar-refractivity contribution in [1.82, 2.24) is 9.47 Å². The largest absolute Gasteiger partial charge is 0.322 e. The smallest absolute Gasteiger partial charge is 0.312 e. The summed E-state index contributed by atoms with van der Waals surface area (Å²) >= 11 is 7.91. The van der Waals surface area contributed by atoms with Crippen molar-refractivity contribution in [2.45, 2.75) is 51.6 Å². The zero-order valence-corrected chi connectivity index (χ0v) is 18.0. The summed E-state index contributed by atoms with van der Waals surface area (Å²) in [7, 11) is 0. The number of thiophene rings is 1. The molecule has 0 unspecified atom stereocenters. The number of anilines is 1. The molecule has 1 aromatic carbocycles. The van der Waals surface area contributed by atoms with Crippen LogP contribution in [0.2, 0.25) is 5.02 Å². The van der Waals surface area contributed by atoms with Crippen LogP contribution in [0, 0.1) is 0 Å². The first-order chi connectivity index (χ1) is 14.2. The molecule has 5 rings (SSSR count). The van der Waals surface area contributed by atoms with Gasteiger partial charge in [-0.2, -0.15) is 0 Å². The van der Waals surface area contributed by atoms with E-state index in [1.807, 2.05) is 28.4 Å². The summed E-state index contributed by atoms with van der Waals surface area (Å²) in [6, 6.07) is 11.5. The van der Waals surface area contributed by atoms with Crippen LogP contribution >= 0.6 is 22.9 Å². The first-order valence-electron chi connectivity index (χ1n) is 10.3. The van der Waals surface area contributed by atoms with Gasteiger partial charge < -0.3 is 14.8 Å². The Hall–Kier alpha value is -2.24. The molecule has 0 saturated heterocycles. The number of aryl methyl sites for hydroxylation is 1. The van der Waals surface area contributed by atoms with Crippen molar-refractivity contribution in [3.63, 3.8) is 0 Å². The number of carbonyl (C=O) groups is 1. The molecule has 150 valence electrons. The van der Waals surface area contributed by atoms with E-state index < -0.39 is 0 Å². The topological polar surface area (TPSA) is 37.3 Å². The highest BCUT2D eigenvalue weighted by Crippen LogP contribution is 2.43. The van der Waals surface area contributed by atoms with Crippen molar-refractivity contribution >= 4 is 34.7 Å². The summed E-state index contributed by atoms with van der Waals surface area (Å²) in [5.41, 5.74) is 4.78. The fraction of sp³-hybridized carbons (Fsp3) is 0.348. The Labute approximate surface area is 180 Å². The van der Waals surface area contributed by atoms with Gasteiger partial charge in [0.2, 0.25) is 0 Å². The Morgan fingerprint density at radius 1 is 1.17 bits per heavy atom. The van der Waals surface area contributed by atoms with Crippen molar-refractivity contribution in [2.75, 3.05) is 5.32 Å². The highest BCUT2D eigenvalue weighted by Gasteiger charge is 2.34. The fourth-order valence-corrected chi connectivity index (χ4v) is 6.17. The lowest BCUT2D eigenvalue weighted by Gasteiger charge is -2.30. The number of nitrogens with zero attached hydrogens (tertiary/aromatic N) is 2. The molecule has 0 spiro atoms. The van der Waals surface area contributed by atoms with E-state index in [0.717, 1.165) is 24.9 Å². The zero-order valence-electron chi connectivity index (χ0n) is 16.5. The summed E-state index contributed by atoms with van der Waals surface area (Å²) in [5.74, 6) is 0. The number of halogens is 1. The van der Waals surface area contributed by atoms with Crippen LogP contribution in [0.15, 0.2) is 42.6 Å². The standard InChI is InChI=1S/C23H24ClN3OS/c1-2-19-20-7-5-13-26(20)22-18(17-6-3-4-8-21(17)29-22)14-27(19)23(28)25-16-11-9-15(24)10-12-16/h5,7,9-13,19H,2-4,6,8,14H2,1H3,(H,25,28)/t19-/m1/s1. The van der Waals surface area contributed by atoms with Gasteiger partial charge in [-0.3, -0.25) is 0 Å². The van der Waals surface area contributed by atoms with E-state index >= 15 is 0 Å². The maximum Gasteiger partial charge on any atom is 0.322 e. The molecule has 2 aliphatic rings. The number of amides is 2. The van der Waals surface area contributed by atoms with Crippen LogP contribution in [0.5, 0.6) is 0 Å². The first-order valence-corrected chi connectivity index (χ1v) is 11.5. The number of nitrogens with one attached hydrogen (secondary N) is 1. The number of hydrogen-bond donors (Lipinski definition) is 1. The average molecular weight is 426 g/mol. The van der Waals surface area contributed by atoms with Crippen LogP contribution in [0.1, 0.15) is 53.9 Å². The van der Waals surface area contributed by atoms with Crippen LogP contribution < -0.4 is 5.32 Å². The van der Waals surface area contributed by atoms with Crippen molar-refractivity contribution in [3.8, 4) is 5.00 Å². The van der Waals surface area contributed by atoms with Gasteiger partial charge in [-0.05, 0) is 74.1 Å². The van der Waals surface area contributed by atoms with Crippen LogP contribution in [-0.2, 0) is 19.4 Å². The van der Waals surface area contributed by atoms with Crippen LogP contribution in [-0.4, -0.2) is 15.5 Å². The summed E-state index contributed by atoms with van der Waals surface area (Å²) < 4.78 is 2.32. The molecular weight excluding hydrogens is 402 g/mol. The minimum atomic E-state index is -0.0597. The SMILES string of the molecule is CC[C@@H]1c2cccn2-c2sc3c(c2CN1C(=O)Nc1ccc(Cl)cc1)CCCC3. The molecule has 0 bridgehead atoms. The number of carbonyl (C=O) groups excluding carboxylic acids is 1. The normalized spacial score (nSPS) is 17.9. The summed E-state index contributed by atoms with van der Waals surface area (Å²) in [5, 5.41) is 5.05. The van der Waals surface area contributed by atoms with Gasteiger partial charge in [0, 0.05) is 33.0 Å². The van der Waals surface area contributed by atoms with Crippen LogP contribution in [0.3, 0.4) is 0 Å². The number of benzene rings is 1. The minimum absolute atomic E-state index is 0.0381. The van der Waals surface area contributed by atoms with E-state index in [4.69, 9.17) is 11.6 Å². The van der Waals surface area contributed by atoms with Gasteiger partial charge in [-0.1, -0.05) is 18.5 Å². The zero-order chi connectivity index (χ0) is 20.0. The molecule has 3 heterocycles. The molecule has 0 saturated carbocycles. The maximum atomic E-state index is 13.4. The molecule has 0 fully saturated rings. The molecule has 2 aromatic heterocycles. The van der Waals surface area contributed by atoms with Crippen LogP contribution in [0.25, 0.3) is 5.00 Å². The Morgan fingerprint density at radius 3 is 2.76 bits per heavy atom. The third-order valence-electron chi connectivity index (χ3n) is 6.05. The van der Waals surface area contributed by atoms with Crippen molar-refractivity contribution < 1.29 is 4.79 Å². The average Bonchev–Trinajstić information content (AvgIpc) is 3.32. The Bertz CT molecular complexity index is 1050. The van der Waals surface area contributed by atoms with Crippen LogP contribution in [0.4, 0.5) is 10.5 Å². The number of fused-ring (bicyclic) bond motifs is 5. The number of rotatable bonds is 2. The molecule has 4 nitrogen and oxygen atoms in total. The van der Waals surface area contributed by atoms with Gasteiger partial charge in [0.15, 0.2) is 0 Å². The van der Waals surface area contributed by atoms with Gasteiger partial charge in [0.05, 0.1) is 12.6 Å². The van der Waals surface area contributed by atoms with E-state index in [1.165, 1.54) is 39.5 Å². The molecule has 1 aliphatic heterocycles. The molecule has 1 atom stereocenters. The molecule has 29 heavy (non-hydrogen) atoms.